The lowest BCUT2D eigenvalue weighted by Crippen LogP contribution is -2.60. The van der Waals surface area contributed by atoms with Gasteiger partial charge in [0, 0.05) is 21.5 Å². The van der Waals surface area contributed by atoms with E-state index in [9.17, 15) is 37.5 Å². The molecule has 1 N–H and O–H groups in total. The van der Waals surface area contributed by atoms with Gasteiger partial charge in [-0.2, -0.15) is 0 Å². The summed E-state index contributed by atoms with van der Waals surface area (Å²) in [6, 6.07) is 15.8. The van der Waals surface area contributed by atoms with Crippen LogP contribution in [-0.4, -0.2) is 52.7 Å². The minimum atomic E-state index is -2.77. The van der Waals surface area contributed by atoms with Crippen molar-refractivity contribution in [3.8, 4) is 17.2 Å². The molecule has 6 atom stereocenters. The topological polar surface area (TPSA) is 113 Å². The minimum absolute atomic E-state index is 0.0716. The van der Waals surface area contributed by atoms with Crippen molar-refractivity contribution in [3.05, 3.63) is 123 Å². The first-order valence-electron chi connectivity index (χ1n) is 17.8. The van der Waals surface area contributed by atoms with Crippen molar-refractivity contribution in [2.75, 3.05) is 24.0 Å². The van der Waals surface area contributed by atoms with Gasteiger partial charge in [-0.3, -0.25) is 24.1 Å². The molecule has 4 amide bonds. The Bertz CT molecular complexity index is 2560. The van der Waals surface area contributed by atoms with E-state index in [0.29, 0.717) is 21.5 Å². The molecule has 2 aliphatic carbocycles. The number of carbonyl (C=O) groups excluding carboxylic acids is 4. The Hall–Kier alpha value is -5.25. The number of amides is 4. The van der Waals surface area contributed by atoms with E-state index in [-0.39, 0.29) is 28.1 Å². The van der Waals surface area contributed by atoms with Crippen molar-refractivity contribution >= 4 is 86.3 Å². The van der Waals surface area contributed by atoms with E-state index >= 15 is 8.78 Å². The molecule has 4 aliphatic rings. The Balaban J connectivity index is 1.19. The quantitative estimate of drug-likeness (QED) is 0.0375. The number of phenols is 1. The van der Waals surface area contributed by atoms with Gasteiger partial charge in [-0.15, -0.1) is 23.2 Å². The van der Waals surface area contributed by atoms with E-state index < -0.39 is 104 Å². The number of hydrogen-bond donors (Lipinski definition) is 1. The lowest BCUT2D eigenvalue weighted by Gasteiger charge is -2.50. The molecule has 0 spiro atoms. The maximum absolute atomic E-state index is 15.3. The minimum Gasteiger partial charge on any atom is -0.508 e. The molecule has 2 saturated heterocycles. The van der Waals surface area contributed by atoms with Gasteiger partial charge in [0.1, 0.15) is 22.9 Å². The van der Waals surface area contributed by atoms with Crippen LogP contribution in [0.4, 0.5) is 33.3 Å². The number of halogens is 8. The van der Waals surface area contributed by atoms with Gasteiger partial charge in [0.2, 0.25) is 17.6 Å². The second-order valence-corrected chi connectivity index (χ2v) is 16.6. The van der Waals surface area contributed by atoms with Gasteiger partial charge in [0.25, 0.3) is 11.8 Å². The third-order valence-corrected chi connectivity index (χ3v) is 13.5. The van der Waals surface area contributed by atoms with Crippen LogP contribution in [0.2, 0.25) is 0 Å². The van der Waals surface area contributed by atoms with Gasteiger partial charge in [-0.05, 0) is 72.9 Å². The highest BCUT2D eigenvalue weighted by Crippen LogP contribution is 2.67. The zero-order valence-corrected chi connectivity index (χ0v) is 33.6. The van der Waals surface area contributed by atoms with Crippen LogP contribution in [0.3, 0.4) is 0 Å². The first-order chi connectivity index (χ1) is 28.0. The second kappa shape index (κ2) is 14.5. The summed E-state index contributed by atoms with van der Waals surface area (Å²) in [6.07, 6.45) is 4.38. The van der Waals surface area contributed by atoms with Crippen molar-refractivity contribution < 1.29 is 55.7 Å². The fraction of sp³-hybridized carbons (Fsp3) is 0.238. The fourth-order valence-electron chi connectivity index (χ4n) is 8.81. The van der Waals surface area contributed by atoms with Gasteiger partial charge in [0.15, 0.2) is 33.0 Å². The zero-order chi connectivity index (χ0) is 42.5. The number of nitrogens with zero attached hydrogens (tertiary/aromatic N) is 2. The Morgan fingerprint density at radius 3 is 2.08 bits per heavy atom. The summed E-state index contributed by atoms with van der Waals surface area (Å²) >= 11 is 17.6. The number of ether oxygens (including phenoxy) is 2. The third kappa shape index (κ3) is 5.82. The van der Waals surface area contributed by atoms with Crippen LogP contribution in [0.15, 0.2) is 76.8 Å². The maximum Gasteiger partial charge on any atom is 0.258 e. The summed E-state index contributed by atoms with van der Waals surface area (Å²) in [4.78, 5) is 52.8. The Morgan fingerprint density at radius 2 is 1.44 bits per heavy atom. The second-order valence-electron chi connectivity index (χ2n) is 14.4. The molecule has 4 aromatic carbocycles. The van der Waals surface area contributed by atoms with Crippen LogP contribution in [0, 0.1) is 46.8 Å². The number of methoxy groups -OCH3 is 2. The molecule has 9 nitrogen and oxygen atoms in total. The third-order valence-electron chi connectivity index (χ3n) is 11.6. The highest BCUT2D eigenvalue weighted by atomic mass is 79.9. The molecule has 3 fully saturated rings. The van der Waals surface area contributed by atoms with Gasteiger partial charge >= 0.3 is 0 Å². The summed E-state index contributed by atoms with van der Waals surface area (Å²) in [5.41, 5.74) is -0.154. The van der Waals surface area contributed by atoms with E-state index in [1.165, 1.54) is 32.4 Å². The summed E-state index contributed by atoms with van der Waals surface area (Å²) in [5, 5.41) is 11.2. The predicted octanol–water partition coefficient (Wildman–Crippen LogP) is 8.81. The average Bonchev–Trinajstić information content (AvgIpc) is 3.57. The van der Waals surface area contributed by atoms with Crippen molar-refractivity contribution in [3.63, 3.8) is 0 Å². The van der Waals surface area contributed by atoms with Crippen LogP contribution in [-0.2, 0) is 19.2 Å². The monoisotopic (exact) mass is 916 g/mol. The maximum atomic E-state index is 15.3. The molecule has 8 rings (SSSR count). The van der Waals surface area contributed by atoms with Crippen LogP contribution in [0.1, 0.15) is 35.4 Å². The van der Waals surface area contributed by atoms with Gasteiger partial charge in [-0.25, -0.2) is 26.9 Å². The molecular formula is C42H28BrCl2F5N2O7. The average molecular weight is 918 g/mol. The first-order valence-corrected chi connectivity index (χ1v) is 19.4. The first kappa shape index (κ1) is 40.5. The van der Waals surface area contributed by atoms with Crippen molar-refractivity contribution in [1.29, 1.82) is 0 Å². The van der Waals surface area contributed by atoms with E-state index in [1.807, 2.05) is 0 Å². The lowest BCUT2D eigenvalue weighted by molar-refractivity contribution is -0.125. The number of fused-ring (bicyclic) bond motifs is 4. The molecule has 0 radical (unpaired) electrons. The molecule has 0 bridgehead atoms. The highest BCUT2D eigenvalue weighted by molar-refractivity contribution is 9.10. The Morgan fingerprint density at radius 1 is 0.780 bits per heavy atom. The molecular weight excluding hydrogens is 890 g/mol. The van der Waals surface area contributed by atoms with Crippen LogP contribution in [0.5, 0.6) is 17.2 Å². The SMILES string of the molecule is COc1ccc(OC)c(C=Cc2ccc(N3C(=O)C4CC=C5C(CC6(Cl)C(=O)N(c7c(F)c(F)c(F)c(F)c7F)C(=O)C6(Cl)C5c5cc(Br)ccc5O)C4C3=O)cc2)c1. The number of hydrogen-bond acceptors (Lipinski definition) is 7. The highest BCUT2D eigenvalue weighted by Gasteiger charge is 2.77. The van der Waals surface area contributed by atoms with Gasteiger partial charge in [0.05, 0.1) is 31.7 Å². The largest absolute Gasteiger partial charge is 0.508 e. The predicted molar refractivity (Wildman–Crippen MR) is 210 cm³/mol. The van der Waals surface area contributed by atoms with E-state index in [2.05, 4.69) is 15.9 Å². The number of imide groups is 2. The molecule has 2 heterocycles. The summed E-state index contributed by atoms with van der Waals surface area (Å²) in [6.45, 7) is 0. The lowest BCUT2D eigenvalue weighted by atomic mass is 9.56. The number of phenolic OH excluding ortho intramolecular Hbond substituents is 1. The number of aromatic hydroxyl groups is 1. The van der Waals surface area contributed by atoms with E-state index in [1.54, 1.807) is 60.7 Å². The van der Waals surface area contributed by atoms with Crippen molar-refractivity contribution in [2.45, 2.75) is 28.5 Å². The number of allylic oxidation sites excluding steroid dienone is 2. The number of rotatable bonds is 7. The number of anilines is 2. The molecule has 17 heteroatoms. The normalized spacial score (nSPS) is 26.3. The van der Waals surface area contributed by atoms with E-state index in [0.717, 1.165) is 10.5 Å². The summed E-state index contributed by atoms with van der Waals surface area (Å²) in [7, 11) is 3.07. The van der Waals surface area contributed by atoms with Crippen LogP contribution >= 0.6 is 39.1 Å². The van der Waals surface area contributed by atoms with Crippen LogP contribution in [0.25, 0.3) is 12.2 Å². The molecule has 1 saturated carbocycles. The van der Waals surface area contributed by atoms with Crippen molar-refractivity contribution in [1.82, 2.24) is 0 Å². The molecule has 2 aliphatic heterocycles. The Kier molecular flexibility index (Phi) is 9.95. The Labute approximate surface area is 350 Å². The summed E-state index contributed by atoms with van der Waals surface area (Å²) < 4.78 is 84.9. The fourth-order valence-corrected chi connectivity index (χ4v) is 10.1. The van der Waals surface area contributed by atoms with Crippen molar-refractivity contribution in [2.24, 2.45) is 17.8 Å². The molecule has 0 aromatic heterocycles. The molecule has 59 heavy (non-hydrogen) atoms. The summed E-state index contributed by atoms with van der Waals surface area (Å²) in [5.74, 6) is -21.2. The molecule has 6 unspecified atom stereocenters. The molecule has 4 aromatic rings. The number of alkyl halides is 2. The van der Waals surface area contributed by atoms with Crippen LogP contribution < -0.4 is 19.3 Å². The standard InChI is InChI=1S/C42H28BrCl2F5N2O7/c1-58-22-10-14-28(59-2)19(15-22)6-3-18-4-8-21(9-5-18)51-37(54)24-12-11-23-26(29(24)38(51)55)17-41(44)39(56)52(36-34(49)32(47)31(46)33(48)35(36)50)40(57)42(41,45)30(23)25-16-20(43)7-13-27(25)53/h3-11,13-16,24,26,29-30,53H,12,17H2,1-2H3. The van der Waals surface area contributed by atoms with Gasteiger partial charge < -0.3 is 14.6 Å². The zero-order valence-electron chi connectivity index (χ0n) is 30.5. The molecule has 304 valence electrons. The smallest absolute Gasteiger partial charge is 0.258 e. The number of carbonyl (C=O) groups is 4. The van der Waals surface area contributed by atoms with Gasteiger partial charge in [-0.1, -0.05) is 51.9 Å². The number of benzene rings is 4. The van der Waals surface area contributed by atoms with E-state index in [4.69, 9.17) is 32.7 Å².